The second-order valence-corrected chi connectivity index (χ2v) is 27.7. The van der Waals surface area contributed by atoms with E-state index in [1.54, 1.807) is 11.3 Å². The van der Waals surface area contributed by atoms with Crippen LogP contribution in [0.25, 0.3) is 76.4 Å². The molecule has 10 rings (SSSR count). The number of fused-ring (bicyclic) bond motifs is 1. The van der Waals surface area contributed by atoms with Crippen LogP contribution in [-0.2, 0) is 48.1 Å². The number of hydrogen-bond acceptors (Lipinski definition) is 5. The van der Waals surface area contributed by atoms with Gasteiger partial charge in [-0.05, 0) is 130 Å². The molecule has 0 radical (unpaired) electrons. The van der Waals surface area contributed by atoms with E-state index < -0.39 is 0 Å². The monoisotopic (exact) mass is 1250 g/mol. The summed E-state index contributed by atoms with van der Waals surface area (Å²) in [6.07, 6.45) is 1.94. The average molecular weight is 1250 g/mol. The number of aromatic hydroxyl groups is 1. The minimum absolute atomic E-state index is 0. The van der Waals surface area contributed by atoms with Gasteiger partial charge in [0, 0.05) is 53.5 Å². The predicted molar refractivity (Wildman–Crippen MR) is 339 cm³/mol. The Bertz CT molecular complexity index is 3830. The second-order valence-electron chi connectivity index (χ2n) is 26.6. The van der Waals surface area contributed by atoms with Crippen LogP contribution >= 0.6 is 11.3 Å². The summed E-state index contributed by atoms with van der Waals surface area (Å²) in [6, 6.07) is 67.7. The summed E-state index contributed by atoms with van der Waals surface area (Å²) in [5.41, 5.74) is 17.3. The Morgan fingerprint density at radius 1 is 0.450 bits per heavy atom. The Balaban J connectivity index is 0.00000774. The Kier molecular flexibility index (Phi) is 15.8. The Morgan fingerprint density at radius 3 is 1.60 bits per heavy atom. The number of thiophene rings is 1. The molecule has 3 aromatic heterocycles. The van der Waals surface area contributed by atoms with Crippen molar-refractivity contribution in [2.45, 2.75) is 131 Å². The van der Waals surface area contributed by atoms with Crippen LogP contribution in [0, 0.1) is 6.07 Å². The molecule has 0 spiro atoms. The summed E-state index contributed by atoms with van der Waals surface area (Å²) < 4.78 is 1.16. The van der Waals surface area contributed by atoms with E-state index in [0.29, 0.717) is 17.1 Å². The number of rotatable bonds is 9. The van der Waals surface area contributed by atoms with E-state index in [1.807, 2.05) is 6.20 Å². The van der Waals surface area contributed by atoms with Gasteiger partial charge in [0.15, 0.2) is 0 Å². The van der Waals surface area contributed by atoms with Crippen LogP contribution in [-0.4, -0.2) is 15.1 Å². The maximum Gasteiger partial charge on any atom is 0.137 e. The molecule has 0 saturated heterocycles. The molecule has 3 heterocycles. The van der Waals surface area contributed by atoms with E-state index >= 15 is 0 Å². The summed E-state index contributed by atoms with van der Waals surface area (Å²) in [7, 11) is 0. The quantitative estimate of drug-likeness (QED) is 0.146. The third-order valence-corrected chi connectivity index (χ3v) is 16.4. The zero-order chi connectivity index (χ0) is 56.4. The van der Waals surface area contributed by atoms with Crippen LogP contribution in [0.4, 0.5) is 17.2 Å². The van der Waals surface area contributed by atoms with Gasteiger partial charge in [0.05, 0.1) is 11.4 Å². The number of pyridine rings is 2. The maximum absolute atomic E-state index is 12.8. The van der Waals surface area contributed by atoms with Crippen LogP contribution in [0.3, 0.4) is 0 Å². The van der Waals surface area contributed by atoms with Gasteiger partial charge in [0.1, 0.15) is 11.6 Å². The van der Waals surface area contributed by atoms with Gasteiger partial charge in [-0.15, -0.1) is 35.1 Å². The summed E-state index contributed by atoms with van der Waals surface area (Å²) in [5, 5.41) is 13.8. The first-order valence-electron chi connectivity index (χ1n) is 27.8. The molecule has 0 aliphatic heterocycles. The molecule has 7 aromatic carbocycles. The van der Waals surface area contributed by atoms with E-state index in [1.165, 1.54) is 27.1 Å². The minimum atomic E-state index is -0.357. The van der Waals surface area contributed by atoms with E-state index in [4.69, 9.17) is 9.97 Å². The standard InChI is InChI=1S/C74H76N3OS.Pt/c1-70(2,3)54-32-30-49(31-33-54)66-46-61-65(79-66)34-35-75-68(61)53-36-50(47-24-18-16-19-25-47)39-58(40-53)77(64-29-23-22-28-59(64)48-26-20-17-21-27-48)67-42-52(51-37-55(71(4,5)6)43-56(38-51)72(7,8)9)41-63(76-67)60-44-57(73(10,11)12)45-62(69(60)78)74(13,14)15;/h16-39,41-46,78H,1-15H3;/q-1;. The predicted octanol–water partition coefficient (Wildman–Crippen LogP) is 21.2. The number of nitrogens with zero attached hydrogens (tertiary/aromatic N) is 3. The van der Waals surface area contributed by atoms with E-state index in [0.717, 1.165) is 77.2 Å². The van der Waals surface area contributed by atoms with Gasteiger partial charge in [0.25, 0.3) is 0 Å². The number of aromatic nitrogens is 2. The van der Waals surface area contributed by atoms with E-state index in [9.17, 15) is 5.11 Å². The number of hydrogen-bond donors (Lipinski definition) is 1. The molecular formula is C74H76N3OPtS-. The van der Waals surface area contributed by atoms with E-state index in [-0.39, 0.29) is 53.9 Å². The topological polar surface area (TPSA) is 49.2 Å². The molecular weight excluding hydrogens is 1170 g/mol. The first-order valence-corrected chi connectivity index (χ1v) is 28.7. The Labute approximate surface area is 495 Å². The second kappa shape index (κ2) is 21.9. The zero-order valence-corrected chi connectivity index (χ0v) is 52.4. The fourth-order valence-electron chi connectivity index (χ4n) is 10.4. The van der Waals surface area contributed by atoms with Gasteiger partial charge in [-0.1, -0.05) is 237 Å². The number of benzene rings is 7. The van der Waals surface area contributed by atoms with Crippen molar-refractivity contribution < 1.29 is 26.2 Å². The van der Waals surface area contributed by atoms with Gasteiger partial charge < -0.3 is 15.0 Å². The van der Waals surface area contributed by atoms with Crippen molar-refractivity contribution >= 4 is 38.6 Å². The SMILES string of the molecule is CC(C)(C)c1ccc(-c2cc3c(-c4[c-]c(N(c5cc(-c6cc(C(C)(C)C)cc(C(C)(C)C)c6)cc(-c6cc(C(C)(C)C)cc(C(C)(C)C)c6O)n5)c5ccccc5-c5ccccc5)cc(-c5ccccc5)c4)nccc3s2)cc1.[Pt]. The molecule has 1 N–H and O–H groups in total. The molecule has 0 atom stereocenters. The van der Waals surface area contributed by atoms with Gasteiger partial charge >= 0.3 is 0 Å². The smallest absolute Gasteiger partial charge is 0.137 e. The van der Waals surface area contributed by atoms with Gasteiger partial charge in [-0.2, -0.15) is 0 Å². The fraction of sp³-hybridized carbons (Fsp3) is 0.270. The van der Waals surface area contributed by atoms with Crippen LogP contribution in [0.5, 0.6) is 5.75 Å². The molecule has 0 unspecified atom stereocenters. The molecule has 4 nitrogen and oxygen atoms in total. The number of phenols is 1. The molecule has 0 bridgehead atoms. The van der Waals surface area contributed by atoms with Crippen LogP contribution in [0.2, 0.25) is 0 Å². The van der Waals surface area contributed by atoms with Crippen molar-refractivity contribution in [2.24, 2.45) is 0 Å². The summed E-state index contributed by atoms with van der Waals surface area (Å²) in [6.45, 7) is 33.7. The van der Waals surface area contributed by atoms with Gasteiger partial charge in [0.2, 0.25) is 0 Å². The van der Waals surface area contributed by atoms with E-state index in [2.05, 4.69) is 291 Å². The fourth-order valence-corrected chi connectivity index (χ4v) is 11.5. The van der Waals surface area contributed by atoms with Crippen LogP contribution in [0.1, 0.15) is 132 Å². The zero-order valence-electron chi connectivity index (χ0n) is 49.3. The molecule has 0 aliphatic rings. The summed E-state index contributed by atoms with van der Waals surface area (Å²) >= 11 is 1.79. The normalized spacial score (nSPS) is 12.4. The Hall–Kier alpha value is -6.91. The third-order valence-electron chi connectivity index (χ3n) is 15.3. The summed E-state index contributed by atoms with van der Waals surface area (Å²) in [4.78, 5) is 14.5. The maximum atomic E-state index is 12.8. The van der Waals surface area contributed by atoms with Crippen molar-refractivity contribution in [3.05, 3.63) is 216 Å². The molecule has 10 aromatic rings. The average Bonchev–Trinajstić information content (AvgIpc) is 3.92. The van der Waals surface area contributed by atoms with Crippen molar-refractivity contribution in [3.63, 3.8) is 0 Å². The number of para-hydroxylation sites is 1. The largest absolute Gasteiger partial charge is 0.507 e. The molecule has 80 heavy (non-hydrogen) atoms. The molecule has 6 heteroatoms. The van der Waals surface area contributed by atoms with Crippen LogP contribution < -0.4 is 4.90 Å². The van der Waals surface area contributed by atoms with Crippen molar-refractivity contribution in [2.75, 3.05) is 4.90 Å². The molecule has 410 valence electrons. The first-order chi connectivity index (χ1) is 37.2. The van der Waals surface area contributed by atoms with Crippen molar-refractivity contribution in [3.8, 4) is 72.1 Å². The first kappa shape index (κ1) is 57.8. The minimum Gasteiger partial charge on any atom is -0.507 e. The third kappa shape index (κ3) is 12.1. The molecule has 0 aliphatic carbocycles. The number of anilines is 3. The molecule has 0 saturated carbocycles. The molecule has 0 amide bonds. The van der Waals surface area contributed by atoms with Gasteiger partial charge in [-0.25, -0.2) is 4.98 Å². The van der Waals surface area contributed by atoms with Gasteiger partial charge in [-0.3, -0.25) is 0 Å². The number of phenolic OH excluding ortho intramolecular Hbond substituents is 1. The molecule has 0 fully saturated rings. The summed E-state index contributed by atoms with van der Waals surface area (Å²) in [5.74, 6) is 0.924. The van der Waals surface area contributed by atoms with Crippen LogP contribution in [0.15, 0.2) is 182 Å². The van der Waals surface area contributed by atoms with Crippen molar-refractivity contribution in [1.82, 2.24) is 9.97 Å². The Morgan fingerprint density at radius 2 is 1.00 bits per heavy atom. The van der Waals surface area contributed by atoms with Crippen molar-refractivity contribution in [1.29, 1.82) is 0 Å².